The van der Waals surface area contributed by atoms with Gasteiger partial charge in [-0.15, -0.1) is 0 Å². The zero-order valence-electron chi connectivity index (χ0n) is 10.7. The smallest absolute Gasteiger partial charge is 0.254 e. The normalized spacial score (nSPS) is 18.6. The van der Waals surface area contributed by atoms with Crippen LogP contribution in [0.5, 0.6) is 0 Å². The average Bonchev–Trinajstić information content (AvgIpc) is 2.86. The Labute approximate surface area is 116 Å². The number of nitrogens with two attached hydrogens (primary N) is 1. The van der Waals surface area contributed by atoms with Gasteiger partial charge in [0.1, 0.15) is 11.2 Å². The predicted octanol–water partition coefficient (Wildman–Crippen LogP) is 1.39. The standard InChI is InChI=1S/C13H16ClN3O2/c1-2-9-6-8(7-11(14)16-9)13(19)17-5-3-4-10(17)12(15)18/h6-7,10H,2-5H2,1H3,(H2,15,18). The second kappa shape index (κ2) is 5.57. The maximum absolute atomic E-state index is 12.4. The van der Waals surface area contributed by atoms with Gasteiger partial charge in [0.25, 0.3) is 5.91 Å². The van der Waals surface area contributed by atoms with Crippen LogP contribution >= 0.6 is 11.6 Å². The minimum Gasteiger partial charge on any atom is -0.368 e. The monoisotopic (exact) mass is 281 g/mol. The average molecular weight is 282 g/mol. The summed E-state index contributed by atoms with van der Waals surface area (Å²) in [4.78, 5) is 29.4. The lowest BCUT2D eigenvalue weighted by Crippen LogP contribution is -2.43. The van der Waals surface area contributed by atoms with Gasteiger partial charge in [-0.25, -0.2) is 4.98 Å². The number of carbonyl (C=O) groups is 2. The Morgan fingerprint density at radius 1 is 1.53 bits per heavy atom. The van der Waals surface area contributed by atoms with Gasteiger partial charge in [0.05, 0.1) is 0 Å². The number of nitrogens with zero attached hydrogens (tertiary/aromatic N) is 2. The van der Waals surface area contributed by atoms with Crippen LogP contribution < -0.4 is 5.73 Å². The molecular formula is C13H16ClN3O2. The summed E-state index contributed by atoms with van der Waals surface area (Å²) in [5.41, 5.74) is 6.54. The molecule has 2 amide bonds. The Morgan fingerprint density at radius 2 is 2.26 bits per heavy atom. The molecule has 2 N–H and O–H groups in total. The molecule has 1 aliphatic rings. The molecule has 1 fully saturated rings. The van der Waals surface area contributed by atoms with Crippen LogP contribution in [-0.4, -0.2) is 34.3 Å². The Balaban J connectivity index is 2.28. The number of rotatable bonds is 3. The molecule has 1 aliphatic heterocycles. The third kappa shape index (κ3) is 2.87. The van der Waals surface area contributed by atoms with Gasteiger partial charge in [0.15, 0.2) is 0 Å². The quantitative estimate of drug-likeness (QED) is 0.851. The van der Waals surface area contributed by atoms with Crippen LogP contribution in [0.4, 0.5) is 0 Å². The third-order valence-corrected chi connectivity index (χ3v) is 3.49. The lowest BCUT2D eigenvalue weighted by molar-refractivity contribution is -0.121. The van der Waals surface area contributed by atoms with Crippen LogP contribution in [0.3, 0.4) is 0 Å². The number of carbonyl (C=O) groups excluding carboxylic acids is 2. The van der Waals surface area contributed by atoms with E-state index in [0.29, 0.717) is 24.9 Å². The van der Waals surface area contributed by atoms with Gasteiger partial charge in [-0.1, -0.05) is 18.5 Å². The van der Waals surface area contributed by atoms with E-state index in [1.807, 2.05) is 6.92 Å². The molecule has 0 radical (unpaired) electrons. The number of primary amides is 1. The van der Waals surface area contributed by atoms with Crippen molar-refractivity contribution in [2.24, 2.45) is 5.73 Å². The minimum atomic E-state index is -0.510. The molecule has 1 unspecified atom stereocenters. The number of aryl methyl sites for hydroxylation is 1. The van der Waals surface area contributed by atoms with E-state index >= 15 is 0 Å². The summed E-state index contributed by atoms with van der Waals surface area (Å²) < 4.78 is 0. The molecule has 102 valence electrons. The number of hydrogen-bond donors (Lipinski definition) is 1. The second-order valence-electron chi connectivity index (χ2n) is 4.58. The molecule has 19 heavy (non-hydrogen) atoms. The van der Waals surface area contributed by atoms with Gasteiger partial charge in [0, 0.05) is 17.8 Å². The lowest BCUT2D eigenvalue weighted by atomic mass is 10.1. The summed E-state index contributed by atoms with van der Waals surface area (Å²) in [6.45, 7) is 2.49. The first-order chi connectivity index (χ1) is 9.02. The first kappa shape index (κ1) is 13.8. The fraction of sp³-hybridized carbons (Fsp3) is 0.462. The second-order valence-corrected chi connectivity index (χ2v) is 4.97. The highest BCUT2D eigenvalue weighted by molar-refractivity contribution is 6.29. The van der Waals surface area contributed by atoms with E-state index in [4.69, 9.17) is 17.3 Å². The van der Waals surface area contributed by atoms with E-state index in [-0.39, 0.29) is 11.1 Å². The minimum absolute atomic E-state index is 0.208. The van der Waals surface area contributed by atoms with Gasteiger partial charge in [0.2, 0.25) is 5.91 Å². The molecule has 2 rings (SSSR count). The van der Waals surface area contributed by atoms with Crippen LogP contribution in [0, 0.1) is 0 Å². The van der Waals surface area contributed by atoms with Crippen molar-refractivity contribution >= 4 is 23.4 Å². The first-order valence-corrected chi connectivity index (χ1v) is 6.67. The first-order valence-electron chi connectivity index (χ1n) is 6.29. The Hall–Kier alpha value is -1.62. The third-order valence-electron chi connectivity index (χ3n) is 3.30. The summed E-state index contributed by atoms with van der Waals surface area (Å²) in [6, 6.07) is 2.73. The Bertz CT molecular complexity index is 519. The number of pyridine rings is 1. The molecule has 0 bridgehead atoms. The molecule has 0 spiro atoms. The predicted molar refractivity (Wildman–Crippen MR) is 71.9 cm³/mol. The number of halogens is 1. The molecule has 5 nitrogen and oxygen atoms in total. The number of hydrogen-bond acceptors (Lipinski definition) is 3. The number of likely N-dealkylation sites (tertiary alicyclic amines) is 1. The molecule has 1 saturated heterocycles. The highest BCUT2D eigenvalue weighted by atomic mass is 35.5. The van der Waals surface area contributed by atoms with Crippen molar-refractivity contribution < 1.29 is 9.59 Å². The van der Waals surface area contributed by atoms with E-state index in [1.54, 1.807) is 6.07 Å². The van der Waals surface area contributed by atoms with Crippen molar-refractivity contribution in [3.8, 4) is 0 Å². The summed E-state index contributed by atoms with van der Waals surface area (Å²) in [5, 5.41) is 0.289. The largest absolute Gasteiger partial charge is 0.368 e. The van der Waals surface area contributed by atoms with Crippen molar-refractivity contribution in [2.45, 2.75) is 32.2 Å². The van der Waals surface area contributed by atoms with Gasteiger partial charge in [-0.05, 0) is 31.4 Å². The maximum Gasteiger partial charge on any atom is 0.254 e. The highest BCUT2D eigenvalue weighted by Gasteiger charge is 2.33. The topological polar surface area (TPSA) is 76.3 Å². The zero-order chi connectivity index (χ0) is 14.0. The zero-order valence-corrected chi connectivity index (χ0v) is 11.5. The summed E-state index contributed by atoms with van der Waals surface area (Å²) in [6.07, 6.45) is 2.11. The lowest BCUT2D eigenvalue weighted by Gasteiger charge is -2.22. The van der Waals surface area contributed by atoms with E-state index in [9.17, 15) is 9.59 Å². The van der Waals surface area contributed by atoms with Crippen LogP contribution in [-0.2, 0) is 11.2 Å². The highest BCUT2D eigenvalue weighted by Crippen LogP contribution is 2.21. The Kier molecular flexibility index (Phi) is 4.04. The number of amides is 2. The fourth-order valence-electron chi connectivity index (χ4n) is 2.33. The molecule has 1 atom stereocenters. The SMILES string of the molecule is CCc1cc(C(=O)N2CCCC2C(N)=O)cc(Cl)n1. The summed E-state index contributed by atoms with van der Waals surface area (Å²) >= 11 is 5.90. The van der Waals surface area contributed by atoms with Crippen molar-refractivity contribution in [3.63, 3.8) is 0 Å². The molecule has 0 aromatic carbocycles. The van der Waals surface area contributed by atoms with E-state index in [1.165, 1.54) is 11.0 Å². The van der Waals surface area contributed by atoms with E-state index < -0.39 is 11.9 Å². The van der Waals surface area contributed by atoms with Crippen LogP contribution in [0.15, 0.2) is 12.1 Å². The molecule has 2 heterocycles. The fourth-order valence-corrected chi connectivity index (χ4v) is 2.55. The van der Waals surface area contributed by atoms with Crippen molar-refractivity contribution in [2.75, 3.05) is 6.54 Å². The van der Waals surface area contributed by atoms with Gasteiger partial charge < -0.3 is 10.6 Å². The van der Waals surface area contributed by atoms with Crippen LogP contribution in [0.1, 0.15) is 35.8 Å². The number of aromatic nitrogens is 1. The molecule has 6 heteroatoms. The van der Waals surface area contributed by atoms with E-state index in [0.717, 1.165) is 12.1 Å². The van der Waals surface area contributed by atoms with Gasteiger partial charge >= 0.3 is 0 Å². The van der Waals surface area contributed by atoms with E-state index in [2.05, 4.69) is 4.98 Å². The van der Waals surface area contributed by atoms with Gasteiger partial charge in [-0.3, -0.25) is 9.59 Å². The van der Waals surface area contributed by atoms with Crippen LogP contribution in [0.25, 0.3) is 0 Å². The summed E-state index contributed by atoms with van der Waals surface area (Å²) in [5.74, 6) is -0.665. The van der Waals surface area contributed by atoms with Gasteiger partial charge in [-0.2, -0.15) is 0 Å². The molecule has 1 aromatic rings. The molecule has 1 aromatic heterocycles. The Morgan fingerprint density at radius 3 is 2.89 bits per heavy atom. The van der Waals surface area contributed by atoms with Crippen LogP contribution in [0.2, 0.25) is 5.15 Å². The molecular weight excluding hydrogens is 266 g/mol. The van der Waals surface area contributed by atoms with Crippen molar-refractivity contribution in [1.82, 2.24) is 9.88 Å². The molecule has 0 aliphatic carbocycles. The molecule has 0 saturated carbocycles. The summed E-state index contributed by atoms with van der Waals surface area (Å²) in [7, 11) is 0. The maximum atomic E-state index is 12.4. The van der Waals surface area contributed by atoms with Crippen molar-refractivity contribution in [1.29, 1.82) is 0 Å². The van der Waals surface area contributed by atoms with Crippen molar-refractivity contribution in [3.05, 3.63) is 28.5 Å².